The molecular weight excluding hydrogens is 394 g/mol. The molecule has 0 unspecified atom stereocenters. The second kappa shape index (κ2) is 11.9. The van der Waals surface area contributed by atoms with Crippen molar-refractivity contribution in [2.24, 2.45) is 0 Å². The van der Waals surface area contributed by atoms with E-state index < -0.39 is 0 Å². The Balaban J connectivity index is 0.00000363. The number of piperazine rings is 1. The van der Waals surface area contributed by atoms with Crippen LogP contribution in [0, 0.1) is 13.8 Å². The number of aryl methyl sites for hydroxylation is 3. The minimum Gasteiger partial charge on any atom is -0.399 e. The smallest absolute Gasteiger partial charge is 0.0971 e. The molecule has 5 N–H and O–H groups in total. The van der Waals surface area contributed by atoms with Crippen molar-refractivity contribution < 1.29 is 4.48 Å². The third kappa shape index (κ3) is 7.01. The number of hydrogen-bond acceptors (Lipinski definition) is 4. The lowest BCUT2D eigenvalue weighted by Gasteiger charge is -2.44. The number of benzene rings is 2. The van der Waals surface area contributed by atoms with Gasteiger partial charge >= 0.3 is 0 Å². The standard InChI is InChI=1S/C26H40N5.CH4/c1-4-15-31(16-5-6-23-7-9-25(27)21(2)19-23)17-13-30(14-18-31)12-11-29-24-8-10-26(28)22(3)20-24;/h4,7-10,19-20,29H,1,5-6,11-18,27-28H2,2-3H3;1H4/q+1;. The summed E-state index contributed by atoms with van der Waals surface area (Å²) in [6, 6.07) is 12.6. The molecule has 2 aromatic rings. The lowest BCUT2D eigenvalue weighted by molar-refractivity contribution is -0.927. The van der Waals surface area contributed by atoms with Gasteiger partial charge in [-0.2, -0.15) is 0 Å². The van der Waals surface area contributed by atoms with E-state index in [4.69, 9.17) is 11.5 Å². The molecule has 0 atom stereocenters. The summed E-state index contributed by atoms with van der Waals surface area (Å²) < 4.78 is 1.17. The molecule has 0 aromatic heterocycles. The monoisotopic (exact) mass is 438 g/mol. The van der Waals surface area contributed by atoms with Crippen molar-refractivity contribution in [1.82, 2.24) is 4.90 Å². The molecule has 1 heterocycles. The van der Waals surface area contributed by atoms with Crippen molar-refractivity contribution in [3.8, 4) is 0 Å². The van der Waals surface area contributed by atoms with E-state index in [1.54, 1.807) is 0 Å². The highest BCUT2D eigenvalue weighted by Crippen LogP contribution is 2.19. The van der Waals surface area contributed by atoms with Crippen molar-refractivity contribution in [3.05, 3.63) is 65.7 Å². The molecule has 5 nitrogen and oxygen atoms in total. The SMILES string of the molecule is C.C=CC[N+]1(CCCc2ccc(N)c(C)c2)CCN(CCNc2ccc(N)c(C)c2)CC1. The van der Waals surface area contributed by atoms with Gasteiger partial charge < -0.3 is 21.3 Å². The van der Waals surface area contributed by atoms with Crippen molar-refractivity contribution >= 4 is 17.1 Å². The Hall–Kier alpha value is -2.50. The Labute approximate surface area is 195 Å². The van der Waals surface area contributed by atoms with Crippen LogP contribution >= 0.6 is 0 Å². The van der Waals surface area contributed by atoms with Gasteiger partial charge in [0.15, 0.2) is 0 Å². The predicted octanol–water partition coefficient (Wildman–Crippen LogP) is 4.47. The third-order valence-electron chi connectivity index (χ3n) is 6.76. The van der Waals surface area contributed by atoms with E-state index in [-0.39, 0.29) is 7.43 Å². The molecule has 0 radical (unpaired) electrons. The van der Waals surface area contributed by atoms with Gasteiger partial charge in [0.1, 0.15) is 0 Å². The number of nitrogens with two attached hydrogens (primary N) is 2. The zero-order valence-corrected chi connectivity index (χ0v) is 19.4. The van der Waals surface area contributed by atoms with Crippen LogP contribution in [-0.4, -0.2) is 61.7 Å². The highest BCUT2D eigenvalue weighted by Gasteiger charge is 2.31. The molecule has 1 aliphatic rings. The molecule has 0 spiro atoms. The van der Waals surface area contributed by atoms with Gasteiger partial charge in [-0.25, -0.2) is 0 Å². The maximum atomic E-state index is 5.96. The van der Waals surface area contributed by atoms with E-state index in [2.05, 4.69) is 61.0 Å². The van der Waals surface area contributed by atoms with Crippen molar-refractivity contribution in [2.75, 3.05) is 69.1 Å². The molecule has 0 aliphatic carbocycles. The fourth-order valence-corrected chi connectivity index (χ4v) is 4.58. The van der Waals surface area contributed by atoms with Gasteiger partial charge in [-0.3, -0.25) is 4.90 Å². The fourth-order valence-electron chi connectivity index (χ4n) is 4.58. The van der Waals surface area contributed by atoms with Crippen LogP contribution in [0.25, 0.3) is 0 Å². The zero-order chi connectivity index (χ0) is 22.3. The Morgan fingerprint density at radius 2 is 1.69 bits per heavy atom. The van der Waals surface area contributed by atoms with Crippen LogP contribution in [0.15, 0.2) is 49.1 Å². The van der Waals surface area contributed by atoms with E-state index in [0.717, 1.165) is 61.8 Å². The second-order valence-electron chi connectivity index (χ2n) is 9.12. The largest absolute Gasteiger partial charge is 0.399 e. The number of nitrogen functional groups attached to an aromatic ring is 2. The molecule has 0 bridgehead atoms. The molecule has 2 aromatic carbocycles. The Kier molecular flexibility index (Phi) is 9.60. The molecular formula is C27H44N5+. The Morgan fingerprint density at radius 3 is 2.31 bits per heavy atom. The van der Waals surface area contributed by atoms with Crippen LogP contribution < -0.4 is 16.8 Å². The summed E-state index contributed by atoms with van der Waals surface area (Å²) in [4.78, 5) is 2.58. The van der Waals surface area contributed by atoms with Crippen molar-refractivity contribution in [1.29, 1.82) is 0 Å². The summed E-state index contributed by atoms with van der Waals surface area (Å²) in [6.07, 6.45) is 4.43. The van der Waals surface area contributed by atoms with Gasteiger partial charge in [0.25, 0.3) is 0 Å². The molecule has 1 fully saturated rings. The van der Waals surface area contributed by atoms with Crippen LogP contribution in [0.3, 0.4) is 0 Å². The first kappa shape index (κ1) is 25.8. The Morgan fingerprint density at radius 1 is 1.03 bits per heavy atom. The maximum absolute atomic E-state index is 5.96. The van der Waals surface area contributed by atoms with E-state index in [0.29, 0.717) is 0 Å². The number of nitrogens with one attached hydrogen (secondary N) is 1. The lowest BCUT2D eigenvalue weighted by Crippen LogP contribution is -2.60. The zero-order valence-electron chi connectivity index (χ0n) is 19.4. The van der Waals surface area contributed by atoms with Crippen LogP contribution in [0.4, 0.5) is 17.1 Å². The molecule has 0 saturated carbocycles. The lowest BCUT2D eigenvalue weighted by atomic mass is 10.0. The molecule has 3 rings (SSSR count). The normalized spacial score (nSPS) is 15.7. The molecule has 1 aliphatic heterocycles. The summed E-state index contributed by atoms with van der Waals surface area (Å²) in [5.74, 6) is 0. The number of nitrogens with zero attached hydrogens (tertiary/aromatic N) is 2. The summed E-state index contributed by atoms with van der Waals surface area (Å²) in [6.45, 7) is 17.2. The first-order valence-electron chi connectivity index (χ1n) is 11.5. The summed E-state index contributed by atoms with van der Waals surface area (Å²) >= 11 is 0. The van der Waals surface area contributed by atoms with E-state index >= 15 is 0 Å². The first-order valence-corrected chi connectivity index (χ1v) is 11.5. The molecule has 176 valence electrons. The van der Waals surface area contributed by atoms with E-state index in [9.17, 15) is 0 Å². The molecule has 1 saturated heterocycles. The Bertz CT molecular complexity index is 868. The van der Waals surface area contributed by atoms with E-state index in [1.807, 2.05) is 12.1 Å². The van der Waals surface area contributed by atoms with Crippen LogP contribution in [0.2, 0.25) is 0 Å². The first-order chi connectivity index (χ1) is 14.9. The van der Waals surface area contributed by atoms with Gasteiger partial charge in [-0.05, 0) is 67.3 Å². The van der Waals surface area contributed by atoms with Crippen molar-refractivity contribution in [2.45, 2.75) is 34.1 Å². The molecule has 0 amide bonds. The summed E-state index contributed by atoms with van der Waals surface area (Å²) in [5.41, 5.74) is 18.5. The average molecular weight is 439 g/mol. The second-order valence-corrected chi connectivity index (χ2v) is 9.12. The van der Waals surface area contributed by atoms with Crippen LogP contribution in [0.5, 0.6) is 0 Å². The molecule has 32 heavy (non-hydrogen) atoms. The van der Waals surface area contributed by atoms with Gasteiger partial charge in [-0.15, -0.1) is 0 Å². The van der Waals surface area contributed by atoms with Crippen molar-refractivity contribution in [3.63, 3.8) is 0 Å². The number of rotatable bonds is 10. The number of hydrogen-bond donors (Lipinski definition) is 3. The fraction of sp³-hybridized carbons (Fsp3) is 0.481. The third-order valence-corrected chi connectivity index (χ3v) is 6.76. The maximum Gasteiger partial charge on any atom is 0.0971 e. The summed E-state index contributed by atoms with van der Waals surface area (Å²) in [7, 11) is 0. The highest BCUT2D eigenvalue weighted by molar-refractivity contribution is 5.56. The quantitative estimate of drug-likeness (QED) is 0.291. The van der Waals surface area contributed by atoms with Crippen LogP contribution in [-0.2, 0) is 6.42 Å². The highest BCUT2D eigenvalue weighted by atomic mass is 15.4. The molecule has 5 heteroatoms. The minimum atomic E-state index is 0. The van der Waals surface area contributed by atoms with E-state index in [1.165, 1.54) is 41.7 Å². The van der Waals surface area contributed by atoms with Gasteiger partial charge in [0.2, 0.25) is 0 Å². The van der Waals surface area contributed by atoms with Gasteiger partial charge in [-0.1, -0.05) is 26.1 Å². The van der Waals surface area contributed by atoms with Crippen LogP contribution in [0.1, 0.15) is 30.5 Å². The van der Waals surface area contributed by atoms with Gasteiger partial charge in [0.05, 0.1) is 26.2 Å². The predicted molar refractivity (Wildman–Crippen MR) is 141 cm³/mol. The minimum absolute atomic E-state index is 0. The summed E-state index contributed by atoms with van der Waals surface area (Å²) in [5, 5.41) is 3.54. The topological polar surface area (TPSA) is 67.3 Å². The van der Waals surface area contributed by atoms with Gasteiger partial charge in [0, 0.05) is 49.7 Å². The number of quaternary nitrogens is 1. The number of anilines is 3. The average Bonchev–Trinajstić information content (AvgIpc) is 2.75.